The first-order chi connectivity index (χ1) is 7.64. The van der Waals surface area contributed by atoms with Crippen LogP contribution >= 0.6 is 0 Å². The van der Waals surface area contributed by atoms with Gasteiger partial charge in [-0.25, -0.2) is 4.79 Å². The van der Waals surface area contributed by atoms with Gasteiger partial charge in [0, 0.05) is 11.0 Å². The first-order valence-corrected chi connectivity index (χ1v) is 5.77. The maximum Gasteiger partial charge on any atom is 0.333 e. The molecule has 0 heterocycles. The van der Waals surface area contributed by atoms with Gasteiger partial charge in [0.25, 0.3) is 0 Å². The van der Waals surface area contributed by atoms with Crippen LogP contribution in [0.25, 0.3) is 0 Å². The fourth-order valence-corrected chi connectivity index (χ4v) is 1.71. The Balaban J connectivity index is 4.92. The molecule has 17 heavy (non-hydrogen) atoms. The summed E-state index contributed by atoms with van der Waals surface area (Å²) in [6, 6.07) is 0. The van der Waals surface area contributed by atoms with E-state index >= 15 is 0 Å². The van der Waals surface area contributed by atoms with Crippen LogP contribution in [0.5, 0.6) is 0 Å². The van der Waals surface area contributed by atoms with Crippen molar-refractivity contribution in [3.8, 4) is 0 Å². The molecule has 0 radical (unpaired) electrons. The van der Waals surface area contributed by atoms with Gasteiger partial charge in [0.15, 0.2) is 0 Å². The molecule has 0 aliphatic rings. The van der Waals surface area contributed by atoms with Gasteiger partial charge in [0.1, 0.15) is 0 Å². The summed E-state index contributed by atoms with van der Waals surface area (Å²) in [5.41, 5.74) is -0.382. The van der Waals surface area contributed by atoms with E-state index in [-0.39, 0.29) is 5.92 Å². The van der Waals surface area contributed by atoms with Crippen molar-refractivity contribution in [3.63, 3.8) is 0 Å². The summed E-state index contributed by atoms with van der Waals surface area (Å²) in [5, 5.41) is 20.1. The number of esters is 1. The molecule has 0 aliphatic heterocycles. The van der Waals surface area contributed by atoms with E-state index in [1.165, 1.54) is 13.2 Å². The molecule has 0 saturated carbocycles. The van der Waals surface area contributed by atoms with Gasteiger partial charge in [-0.05, 0) is 18.9 Å². The first-order valence-electron chi connectivity index (χ1n) is 5.77. The largest absolute Gasteiger partial charge is 0.466 e. The van der Waals surface area contributed by atoms with Crippen LogP contribution < -0.4 is 0 Å². The number of aliphatic hydroxyl groups excluding tert-OH is 2. The SMILES string of the molecule is COC(=O)C(C)=CC(O)C(C)(C)C(O)C(C)C. The number of rotatable bonds is 5. The summed E-state index contributed by atoms with van der Waals surface area (Å²) in [6.07, 6.45) is -0.129. The Morgan fingerprint density at radius 1 is 1.29 bits per heavy atom. The molecule has 0 rings (SSSR count). The minimum Gasteiger partial charge on any atom is -0.466 e. The van der Waals surface area contributed by atoms with Crippen LogP contribution in [0.4, 0.5) is 0 Å². The van der Waals surface area contributed by atoms with Gasteiger partial charge < -0.3 is 14.9 Å². The quantitative estimate of drug-likeness (QED) is 0.568. The molecule has 0 saturated heterocycles. The first kappa shape index (κ1) is 16.1. The number of carbonyl (C=O) groups excluding carboxylic acids is 1. The van der Waals surface area contributed by atoms with Crippen LogP contribution in [0.2, 0.25) is 0 Å². The molecule has 4 heteroatoms. The van der Waals surface area contributed by atoms with E-state index < -0.39 is 23.6 Å². The van der Waals surface area contributed by atoms with Crippen molar-refractivity contribution in [2.75, 3.05) is 7.11 Å². The fourth-order valence-electron chi connectivity index (χ4n) is 1.71. The Morgan fingerprint density at radius 2 is 1.76 bits per heavy atom. The molecule has 0 aliphatic carbocycles. The molecule has 100 valence electrons. The van der Waals surface area contributed by atoms with Crippen LogP contribution in [0.3, 0.4) is 0 Å². The van der Waals surface area contributed by atoms with Gasteiger partial charge in [-0.15, -0.1) is 0 Å². The van der Waals surface area contributed by atoms with Crippen LogP contribution in [0.15, 0.2) is 11.6 Å². The highest BCUT2D eigenvalue weighted by atomic mass is 16.5. The Morgan fingerprint density at radius 3 is 2.12 bits per heavy atom. The summed E-state index contributed by atoms with van der Waals surface area (Å²) < 4.78 is 4.55. The third-order valence-electron chi connectivity index (χ3n) is 3.07. The molecular weight excluding hydrogens is 220 g/mol. The molecule has 0 spiro atoms. The maximum absolute atomic E-state index is 11.2. The third-order valence-corrected chi connectivity index (χ3v) is 3.07. The Labute approximate surface area is 103 Å². The van der Waals surface area contributed by atoms with Crippen LogP contribution in [0, 0.1) is 11.3 Å². The standard InChI is InChI=1S/C13H24O4/c1-8(2)11(15)13(4,5)10(14)7-9(3)12(16)17-6/h7-8,10-11,14-15H,1-6H3. The lowest BCUT2D eigenvalue weighted by molar-refractivity contribution is -0.136. The molecule has 0 bridgehead atoms. The topological polar surface area (TPSA) is 66.8 Å². The zero-order valence-corrected chi connectivity index (χ0v) is 11.5. The third kappa shape index (κ3) is 4.13. The molecule has 0 aromatic carbocycles. The lowest BCUT2D eigenvalue weighted by Crippen LogP contribution is -2.42. The Bertz CT molecular complexity index is 292. The number of hydrogen-bond acceptors (Lipinski definition) is 4. The van der Waals surface area contributed by atoms with Gasteiger partial charge in [-0.3, -0.25) is 0 Å². The number of hydrogen-bond donors (Lipinski definition) is 2. The van der Waals surface area contributed by atoms with Gasteiger partial charge in [0.05, 0.1) is 19.3 Å². The van der Waals surface area contributed by atoms with Crippen LogP contribution in [0.1, 0.15) is 34.6 Å². The molecule has 2 atom stereocenters. The monoisotopic (exact) mass is 244 g/mol. The van der Waals surface area contributed by atoms with E-state index in [1.54, 1.807) is 20.8 Å². The van der Waals surface area contributed by atoms with E-state index in [2.05, 4.69) is 4.74 Å². The zero-order valence-electron chi connectivity index (χ0n) is 11.5. The van der Waals surface area contributed by atoms with Crippen LogP contribution in [-0.2, 0) is 9.53 Å². The molecule has 0 aromatic heterocycles. The highest BCUT2D eigenvalue weighted by molar-refractivity contribution is 5.87. The predicted molar refractivity (Wildman–Crippen MR) is 66.4 cm³/mol. The molecule has 2 unspecified atom stereocenters. The number of carbonyl (C=O) groups is 1. The minimum absolute atomic E-state index is 0.0338. The van der Waals surface area contributed by atoms with E-state index in [0.29, 0.717) is 5.57 Å². The molecule has 4 nitrogen and oxygen atoms in total. The Kier molecular flexibility index (Phi) is 5.85. The van der Waals surface area contributed by atoms with E-state index in [1.807, 2.05) is 13.8 Å². The summed E-state index contributed by atoms with van der Waals surface area (Å²) in [4.78, 5) is 11.2. The van der Waals surface area contributed by atoms with E-state index in [9.17, 15) is 15.0 Å². The van der Waals surface area contributed by atoms with Crippen molar-refractivity contribution in [2.45, 2.75) is 46.8 Å². The molecular formula is C13H24O4. The molecule has 0 fully saturated rings. The summed E-state index contributed by atoms with van der Waals surface area (Å²) in [7, 11) is 1.29. The average Bonchev–Trinajstić information content (AvgIpc) is 2.26. The highest BCUT2D eigenvalue weighted by Gasteiger charge is 2.36. The lowest BCUT2D eigenvalue weighted by Gasteiger charge is -2.36. The number of methoxy groups -OCH3 is 1. The summed E-state index contributed by atoms with van der Waals surface area (Å²) in [5.74, 6) is -0.439. The Hall–Kier alpha value is -0.870. The van der Waals surface area contributed by atoms with Crippen molar-refractivity contribution in [1.29, 1.82) is 0 Å². The van der Waals surface area contributed by atoms with Gasteiger partial charge in [0.2, 0.25) is 0 Å². The fraction of sp³-hybridized carbons (Fsp3) is 0.769. The van der Waals surface area contributed by atoms with Crippen molar-refractivity contribution >= 4 is 5.97 Å². The number of aliphatic hydroxyl groups is 2. The van der Waals surface area contributed by atoms with Gasteiger partial charge in [-0.1, -0.05) is 27.7 Å². The second-order valence-electron chi connectivity index (χ2n) is 5.30. The van der Waals surface area contributed by atoms with Crippen LogP contribution in [-0.4, -0.2) is 35.5 Å². The zero-order chi connectivity index (χ0) is 13.8. The van der Waals surface area contributed by atoms with Crippen molar-refractivity contribution in [1.82, 2.24) is 0 Å². The predicted octanol–water partition coefficient (Wildman–Crippen LogP) is 1.51. The van der Waals surface area contributed by atoms with Crippen molar-refractivity contribution < 1.29 is 19.7 Å². The maximum atomic E-state index is 11.2. The summed E-state index contributed by atoms with van der Waals surface area (Å²) in [6.45, 7) is 8.88. The summed E-state index contributed by atoms with van der Waals surface area (Å²) >= 11 is 0. The smallest absolute Gasteiger partial charge is 0.333 e. The average molecular weight is 244 g/mol. The molecule has 2 N–H and O–H groups in total. The lowest BCUT2D eigenvalue weighted by atomic mass is 9.76. The van der Waals surface area contributed by atoms with Gasteiger partial charge >= 0.3 is 5.97 Å². The molecule has 0 aromatic rings. The van der Waals surface area contributed by atoms with E-state index in [4.69, 9.17) is 0 Å². The van der Waals surface area contributed by atoms with Crippen molar-refractivity contribution in [3.05, 3.63) is 11.6 Å². The van der Waals surface area contributed by atoms with Gasteiger partial charge in [-0.2, -0.15) is 0 Å². The minimum atomic E-state index is -0.904. The normalized spacial score (nSPS) is 16.9. The number of ether oxygens (including phenoxy) is 1. The molecule has 0 amide bonds. The second-order valence-corrected chi connectivity index (χ2v) is 5.30. The van der Waals surface area contributed by atoms with E-state index in [0.717, 1.165) is 0 Å². The van der Waals surface area contributed by atoms with Crippen molar-refractivity contribution in [2.24, 2.45) is 11.3 Å². The second kappa shape index (κ2) is 6.17. The highest BCUT2D eigenvalue weighted by Crippen LogP contribution is 2.31.